The van der Waals surface area contributed by atoms with Crippen LogP contribution in [0, 0.1) is 0 Å². The van der Waals surface area contributed by atoms with E-state index >= 15 is 0 Å². The second kappa shape index (κ2) is 2.77. The van der Waals surface area contributed by atoms with Gasteiger partial charge in [-0.1, -0.05) is 5.16 Å². The monoisotopic (exact) mass is 187 g/mol. The number of aromatic nitrogens is 2. The summed E-state index contributed by atoms with van der Waals surface area (Å²) in [5, 5.41) is 3.60. The van der Waals surface area contributed by atoms with Crippen molar-refractivity contribution in [1.82, 2.24) is 10.1 Å². The van der Waals surface area contributed by atoms with Gasteiger partial charge in [0, 0.05) is 0 Å². The predicted octanol–water partition coefficient (Wildman–Crippen LogP) is 1.47. The van der Waals surface area contributed by atoms with Crippen molar-refractivity contribution in [2.24, 2.45) is 5.73 Å². The summed E-state index contributed by atoms with van der Waals surface area (Å²) in [6.07, 6.45) is 0. The van der Waals surface area contributed by atoms with Crippen LogP contribution in [0.5, 0.6) is 0 Å². The fourth-order valence-electron chi connectivity index (χ4n) is 0.727. The van der Waals surface area contributed by atoms with Gasteiger partial charge in [0.2, 0.25) is 0 Å². The van der Waals surface area contributed by atoms with Crippen LogP contribution in [-0.2, 0) is 11.2 Å². The third-order valence-corrected chi connectivity index (χ3v) is 1.51. The fraction of sp³-hybridized carbons (Fsp3) is 0.750. The molecule has 5 heteroatoms. The summed E-state index contributed by atoms with van der Waals surface area (Å²) in [5.41, 5.74) is 3.39. The fourth-order valence-corrected chi connectivity index (χ4v) is 0.727. The van der Waals surface area contributed by atoms with Crippen LogP contribution >= 0.6 is 0 Å². The molecule has 1 heterocycles. The minimum Gasteiger partial charge on any atom is -0.336 e. The smallest absolute Gasteiger partial charge is 0.263 e. The van der Waals surface area contributed by atoms with E-state index in [1.54, 1.807) is 13.8 Å². The van der Waals surface area contributed by atoms with Crippen molar-refractivity contribution < 1.29 is 8.91 Å². The maximum atomic E-state index is 13.3. The molecular formula is C8H14FN3O. The molecule has 1 aromatic heterocycles. The first kappa shape index (κ1) is 10.1. The third kappa shape index (κ3) is 2.24. The molecule has 2 N–H and O–H groups in total. The number of hydrogen-bond donors (Lipinski definition) is 1. The highest BCUT2D eigenvalue weighted by atomic mass is 19.1. The molecule has 0 bridgehead atoms. The zero-order valence-electron chi connectivity index (χ0n) is 8.26. The van der Waals surface area contributed by atoms with Gasteiger partial charge in [-0.2, -0.15) is 4.98 Å². The van der Waals surface area contributed by atoms with Crippen LogP contribution in [0.15, 0.2) is 4.52 Å². The maximum Gasteiger partial charge on any atom is 0.263 e. The summed E-state index contributed by atoms with van der Waals surface area (Å²) in [4.78, 5) is 3.88. The standard InChI is InChI=1S/C8H14FN3O/c1-7(2,9)6-11-5(12-13-6)8(3,4)10/h10H2,1-4H3. The van der Waals surface area contributed by atoms with Crippen LogP contribution in [-0.4, -0.2) is 10.1 Å². The molecule has 1 aromatic rings. The van der Waals surface area contributed by atoms with E-state index in [0.717, 1.165) is 0 Å². The highest BCUT2D eigenvalue weighted by molar-refractivity contribution is 5.02. The van der Waals surface area contributed by atoms with Crippen molar-refractivity contribution in [1.29, 1.82) is 0 Å². The van der Waals surface area contributed by atoms with E-state index < -0.39 is 11.2 Å². The van der Waals surface area contributed by atoms with E-state index in [1.807, 2.05) is 0 Å². The van der Waals surface area contributed by atoms with Crippen molar-refractivity contribution in [2.75, 3.05) is 0 Å². The average Bonchev–Trinajstić information content (AvgIpc) is 2.28. The Hall–Kier alpha value is -0.970. The predicted molar refractivity (Wildman–Crippen MR) is 45.6 cm³/mol. The van der Waals surface area contributed by atoms with Gasteiger partial charge < -0.3 is 10.3 Å². The average molecular weight is 187 g/mol. The number of nitrogens with two attached hydrogens (primary N) is 1. The van der Waals surface area contributed by atoms with Crippen molar-refractivity contribution >= 4 is 0 Å². The zero-order chi connectivity index (χ0) is 10.3. The Morgan fingerprint density at radius 2 is 1.85 bits per heavy atom. The van der Waals surface area contributed by atoms with Gasteiger partial charge in [-0.15, -0.1) is 0 Å². The number of nitrogens with zero attached hydrogens (tertiary/aromatic N) is 2. The van der Waals surface area contributed by atoms with Crippen molar-refractivity contribution in [2.45, 2.75) is 38.9 Å². The van der Waals surface area contributed by atoms with E-state index in [-0.39, 0.29) is 5.89 Å². The Morgan fingerprint density at radius 1 is 1.31 bits per heavy atom. The van der Waals surface area contributed by atoms with Crippen molar-refractivity contribution in [3.63, 3.8) is 0 Å². The lowest BCUT2D eigenvalue weighted by atomic mass is 10.1. The van der Waals surface area contributed by atoms with Crippen molar-refractivity contribution in [3.05, 3.63) is 11.7 Å². The Labute approximate surface area is 76.3 Å². The molecule has 4 nitrogen and oxygen atoms in total. The molecule has 0 aliphatic carbocycles. The third-order valence-electron chi connectivity index (χ3n) is 1.51. The van der Waals surface area contributed by atoms with Crippen LogP contribution in [0.1, 0.15) is 39.4 Å². The molecule has 0 fully saturated rings. The maximum absolute atomic E-state index is 13.3. The molecule has 0 amide bonds. The second-order valence-electron chi connectivity index (χ2n) is 4.12. The molecule has 0 unspecified atom stereocenters. The van der Waals surface area contributed by atoms with E-state index in [1.165, 1.54) is 13.8 Å². The molecule has 0 aliphatic rings. The molecule has 0 spiro atoms. The molecule has 0 aliphatic heterocycles. The molecule has 0 atom stereocenters. The van der Waals surface area contributed by atoms with Crippen LogP contribution in [0.25, 0.3) is 0 Å². The summed E-state index contributed by atoms with van der Waals surface area (Å²) in [7, 11) is 0. The molecule has 0 saturated carbocycles. The normalized spacial score (nSPS) is 13.4. The lowest BCUT2D eigenvalue weighted by Crippen LogP contribution is -2.30. The van der Waals surface area contributed by atoms with Gasteiger partial charge in [-0.05, 0) is 27.7 Å². The topological polar surface area (TPSA) is 64.9 Å². The summed E-state index contributed by atoms with van der Waals surface area (Å²) >= 11 is 0. The Bertz CT molecular complexity index is 267. The lowest BCUT2D eigenvalue weighted by molar-refractivity contribution is 0.155. The molecular weight excluding hydrogens is 173 g/mol. The van der Waals surface area contributed by atoms with Crippen LogP contribution in [0.3, 0.4) is 0 Å². The molecule has 13 heavy (non-hydrogen) atoms. The Balaban J connectivity index is 3.01. The first-order valence-corrected chi connectivity index (χ1v) is 4.04. The molecule has 0 radical (unpaired) electrons. The largest absolute Gasteiger partial charge is 0.336 e. The number of halogens is 1. The summed E-state index contributed by atoms with van der Waals surface area (Å²) in [5.74, 6) is 0.272. The molecule has 1 rings (SSSR count). The van der Waals surface area contributed by atoms with E-state index in [0.29, 0.717) is 5.82 Å². The molecule has 74 valence electrons. The second-order valence-corrected chi connectivity index (χ2v) is 4.12. The van der Waals surface area contributed by atoms with Crippen LogP contribution in [0.4, 0.5) is 4.39 Å². The lowest BCUT2D eigenvalue weighted by Gasteiger charge is -2.12. The highest BCUT2D eigenvalue weighted by Gasteiger charge is 2.30. The summed E-state index contributed by atoms with van der Waals surface area (Å²) in [6, 6.07) is 0. The zero-order valence-corrected chi connectivity index (χ0v) is 8.26. The van der Waals surface area contributed by atoms with Gasteiger partial charge in [0.1, 0.15) is 0 Å². The minimum atomic E-state index is -1.61. The van der Waals surface area contributed by atoms with Gasteiger partial charge >= 0.3 is 0 Å². The number of rotatable bonds is 2. The first-order valence-electron chi connectivity index (χ1n) is 4.04. The quantitative estimate of drug-likeness (QED) is 0.761. The number of alkyl halides is 1. The van der Waals surface area contributed by atoms with E-state index in [4.69, 9.17) is 10.3 Å². The van der Waals surface area contributed by atoms with E-state index in [2.05, 4.69) is 10.1 Å². The van der Waals surface area contributed by atoms with E-state index in [9.17, 15) is 4.39 Å². The molecule has 0 saturated heterocycles. The van der Waals surface area contributed by atoms with Gasteiger partial charge in [-0.25, -0.2) is 4.39 Å². The minimum absolute atomic E-state index is 0.0407. The van der Waals surface area contributed by atoms with Gasteiger partial charge in [0.25, 0.3) is 5.89 Å². The SMILES string of the molecule is CC(C)(N)c1noc(C(C)(C)F)n1. The first-order chi connectivity index (χ1) is 5.71. The highest BCUT2D eigenvalue weighted by Crippen LogP contribution is 2.24. The Kier molecular flexibility index (Phi) is 2.15. The van der Waals surface area contributed by atoms with Gasteiger partial charge in [0.15, 0.2) is 11.5 Å². The Morgan fingerprint density at radius 3 is 2.08 bits per heavy atom. The van der Waals surface area contributed by atoms with Crippen LogP contribution in [0.2, 0.25) is 0 Å². The summed E-state index contributed by atoms with van der Waals surface area (Å²) < 4.78 is 18.0. The van der Waals surface area contributed by atoms with Crippen LogP contribution < -0.4 is 5.73 Å². The number of hydrogen-bond acceptors (Lipinski definition) is 4. The molecule has 0 aromatic carbocycles. The van der Waals surface area contributed by atoms with Gasteiger partial charge in [-0.3, -0.25) is 0 Å². The van der Waals surface area contributed by atoms with Crippen molar-refractivity contribution in [3.8, 4) is 0 Å². The summed E-state index contributed by atoms with van der Waals surface area (Å²) in [6.45, 7) is 6.17. The van der Waals surface area contributed by atoms with Gasteiger partial charge in [0.05, 0.1) is 5.54 Å².